The van der Waals surface area contributed by atoms with Crippen molar-refractivity contribution in [1.29, 1.82) is 0 Å². The van der Waals surface area contributed by atoms with Crippen molar-refractivity contribution in [2.45, 2.75) is 83.5 Å². The normalized spacial score (nSPS) is 36.8. The summed E-state index contributed by atoms with van der Waals surface area (Å²) in [7, 11) is 0. The standard InChI is InChI=1S/C23H36O7.H3N/c1-4-13(2)23(29)30-20-11-17(25)9-15-6-5-14(3)19(22(15)20)8-7-16(24)10-18(26)12-21(27)28;/h5-6,9,13-14,16-20,22,24-26H,4,7-8,10-12H2,1-3H3,(H,27,28);1H3/t13?,14-,16+,17+,18+,19-,20-,22-;/m0./s1/i1D3,2D3,4D2,13D;. The Morgan fingerprint density at radius 1 is 1.42 bits per heavy atom. The number of hydrogen-bond donors (Lipinski definition) is 4. The highest BCUT2D eigenvalue weighted by atomic mass is 16.5. The molecule has 0 fully saturated rings. The van der Waals surface area contributed by atoms with E-state index in [1.165, 1.54) is 6.08 Å². The zero-order valence-corrected chi connectivity index (χ0v) is 17.8. The number of carbonyl (C=O) groups excluding carboxylic acids is 2. The first-order valence-electron chi connectivity index (χ1n) is 14.5. The lowest BCUT2D eigenvalue weighted by Crippen LogP contribution is -2.43. The molecule has 178 valence electrons. The van der Waals surface area contributed by atoms with Gasteiger partial charge in [-0.15, -0.1) is 0 Å². The summed E-state index contributed by atoms with van der Waals surface area (Å²) in [5, 5.41) is 41.2. The Hall–Kier alpha value is -1.74. The molecule has 0 bridgehead atoms. The molecule has 7 N–H and O–H groups in total. The third kappa shape index (κ3) is 7.71. The molecule has 2 rings (SSSR count). The zero-order valence-electron chi connectivity index (χ0n) is 26.8. The first-order valence-corrected chi connectivity index (χ1v) is 9.98. The van der Waals surface area contributed by atoms with Crippen LogP contribution in [0, 0.1) is 23.6 Å². The summed E-state index contributed by atoms with van der Waals surface area (Å²) < 4.78 is 74.9. The van der Waals surface area contributed by atoms with Crippen LogP contribution in [0.1, 0.15) is 71.4 Å². The Labute approximate surface area is 197 Å². The summed E-state index contributed by atoms with van der Waals surface area (Å²) >= 11 is 0. The van der Waals surface area contributed by atoms with E-state index in [2.05, 4.69) is 0 Å². The lowest BCUT2D eigenvalue weighted by molar-refractivity contribution is -0.307. The van der Waals surface area contributed by atoms with Crippen molar-refractivity contribution in [1.82, 2.24) is 6.15 Å². The topological polar surface area (TPSA) is 164 Å². The van der Waals surface area contributed by atoms with E-state index in [0.717, 1.165) is 0 Å². The number of hydrogen-bond acceptors (Lipinski definition) is 7. The fraction of sp³-hybridized carbons (Fsp3) is 0.739. The van der Waals surface area contributed by atoms with Gasteiger partial charge < -0.3 is 36.1 Å². The third-order valence-electron chi connectivity index (χ3n) is 5.74. The summed E-state index contributed by atoms with van der Waals surface area (Å²) in [6.07, 6.45) is -4.27. The van der Waals surface area contributed by atoms with Gasteiger partial charge in [-0.1, -0.05) is 38.9 Å². The summed E-state index contributed by atoms with van der Waals surface area (Å²) in [5.41, 5.74) is 0.532. The Morgan fingerprint density at radius 2 is 2.16 bits per heavy atom. The van der Waals surface area contributed by atoms with E-state index in [4.69, 9.17) is 17.1 Å². The number of aliphatic carboxylic acids is 1. The highest BCUT2D eigenvalue weighted by Crippen LogP contribution is 2.44. The molecule has 0 saturated carbocycles. The quantitative estimate of drug-likeness (QED) is 0.366. The van der Waals surface area contributed by atoms with Gasteiger partial charge in [0.15, 0.2) is 0 Å². The fourth-order valence-electron chi connectivity index (χ4n) is 4.33. The van der Waals surface area contributed by atoms with Crippen LogP contribution in [-0.2, 0) is 14.3 Å². The van der Waals surface area contributed by atoms with Gasteiger partial charge in [0, 0.05) is 37.1 Å². The number of rotatable bonds is 10. The fourth-order valence-corrected chi connectivity index (χ4v) is 4.33. The Morgan fingerprint density at radius 3 is 2.81 bits per heavy atom. The van der Waals surface area contributed by atoms with Gasteiger partial charge in [-0.2, -0.15) is 0 Å². The van der Waals surface area contributed by atoms with Crippen LogP contribution >= 0.6 is 0 Å². The van der Waals surface area contributed by atoms with Gasteiger partial charge in [-0.25, -0.2) is 0 Å². The molecular formula is C23H39NO7. The molecule has 0 heterocycles. The highest BCUT2D eigenvalue weighted by Gasteiger charge is 2.42. The van der Waals surface area contributed by atoms with Crippen molar-refractivity contribution >= 4 is 11.9 Å². The van der Waals surface area contributed by atoms with E-state index in [1.54, 1.807) is 6.08 Å². The summed E-state index contributed by atoms with van der Waals surface area (Å²) in [4.78, 5) is 23.9. The Kier molecular flexibility index (Phi) is 6.35. The molecule has 0 amide bonds. The predicted molar refractivity (Wildman–Crippen MR) is 115 cm³/mol. The molecule has 0 saturated heterocycles. The monoisotopic (exact) mass is 450 g/mol. The highest BCUT2D eigenvalue weighted by molar-refractivity contribution is 5.72. The molecular weight excluding hydrogens is 402 g/mol. The second-order valence-corrected chi connectivity index (χ2v) is 8.02. The van der Waals surface area contributed by atoms with E-state index in [-0.39, 0.29) is 43.7 Å². The second-order valence-electron chi connectivity index (χ2n) is 8.02. The average Bonchev–Trinajstić information content (AvgIpc) is 2.75. The third-order valence-corrected chi connectivity index (χ3v) is 5.74. The number of allylic oxidation sites excluding steroid dienone is 2. The van der Waals surface area contributed by atoms with Crippen LogP contribution in [0.3, 0.4) is 0 Å². The van der Waals surface area contributed by atoms with Crippen molar-refractivity contribution in [3.63, 3.8) is 0 Å². The second kappa shape index (κ2) is 12.3. The summed E-state index contributed by atoms with van der Waals surface area (Å²) in [6.45, 7) is -5.53. The molecule has 8 nitrogen and oxygen atoms in total. The lowest BCUT2D eigenvalue weighted by Gasteiger charge is -2.43. The maximum absolute atomic E-state index is 13.2. The molecule has 0 spiro atoms. The number of esters is 1. The van der Waals surface area contributed by atoms with Crippen LogP contribution in [0.25, 0.3) is 0 Å². The maximum atomic E-state index is 13.2. The zero-order chi connectivity index (χ0) is 30.1. The number of carboxylic acid groups (broad SMARTS) is 1. The van der Waals surface area contributed by atoms with Crippen LogP contribution in [0.5, 0.6) is 0 Å². The van der Waals surface area contributed by atoms with Gasteiger partial charge in [0.1, 0.15) is 6.10 Å². The van der Waals surface area contributed by atoms with Gasteiger partial charge in [0.2, 0.25) is 0 Å². The number of quaternary nitrogens is 1. The number of aliphatic hydroxyl groups is 3. The van der Waals surface area contributed by atoms with Gasteiger partial charge in [-0.05, 0) is 43.0 Å². The van der Waals surface area contributed by atoms with Crippen molar-refractivity contribution in [2.75, 3.05) is 0 Å². The summed E-state index contributed by atoms with van der Waals surface area (Å²) in [6, 6.07) is 0. The lowest BCUT2D eigenvalue weighted by atomic mass is 9.66. The first kappa shape index (κ1) is 16.0. The van der Waals surface area contributed by atoms with Crippen molar-refractivity contribution in [3.8, 4) is 0 Å². The van der Waals surface area contributed by atoms with Gasteiger partial charge in [-0.3, -0.25) is 4.79 Å². The molecule has 1 unspecified atom stereocenters. The van der Waals surface area contributed by atoms with Crippen molar-refractivity contribution < 1.29 is 47.1 Å². The molecule has 0 aromatic rings. The van der Waals surface area contributed by atoms with Crippen LogP contribution in [0.4, 0.5) is 0 Å². The molecule has 0 aromatic heterocycles. The molecule has 0 radical (unpaired) electrons. The van der Waals surface area contributed by atoms with Crippen LogP contribution in [-0.4, -0.2) is 51.7 Å². The van der Waals surface area contributed by atoms with Crippen molar-refractivity contribution in [2.24, 2.45) is 23.6 Å². The first-order chi connectivity index (χ1) is 17.6. The minimum Gasteiger partial charge on any atom is -0.550 e. The van der Waals surface area contributed by atoms with E-state index in [1.807, 2.05) is 13.0 Å². The van der Waals surface area contributed by atoms with Crippen molar-refractivity contribution in [3.05, 3.63) is 23.8 Å². The number of fused-ring (bicyclic) bond motifs is 1. The Balaban J connectivity index is 0.00000800. The van der Waals surface area contributed by atoms with Gasteiger partial charge >= 0.3 is 5.97 Å². The molecule has 0 aliphatic heterocycles. The van der Waals surface area contributed by atoms with Gasteiger partial charge in [0.05, 0.1) is 24.2 Å². The molecule has 8 heteroatoms. The van der Waals surface area contributed by atoms with Crippen LogP contribution < -0.4 is 11.3 Å². The SMILES string of the molecule is [2H]C([2H])([2H])C([2H])([2H])C([2H])(C(=O)O[C@H]1C[C@H](O)C=C2C=C[C@H](C)[C@H](CC[C@@H](O)C[C@@H](O)CC(=O)[O-])[C@H]21)C([2H])([2H])[2H].[NH4+]. The van der Waals surface area contributed by atoms with E-state index in [9.17, 15) is 30.0 Å². The number of carbonyl (C=O) groups is 2. The van der Waals surface area contributed by atoms with E-state index < -0.39 is 74.7 Å². The van der Waals surface area contributed by atoms with Gasteiger partial charge in [0.25, 0.3) is 0 Å². The number of carboxylic acids is 1. The molecule has 2 aliphatic rings. The minimum absolute atomic E-state index is 0. The number of ether oxygens (including phenoxy) is 1. The van der Waals surface area contributed by atoms with Crippen LogP contribution in [0.2, 0.25) is 0 Å². The minimum atomic E-state index is -3.82. The number of aliphatic hydroxyl groups excluding tert-OH is 3. The van der Waals surface area contributed by atoms with E-state index in [0.29, 0.717) is 5.57 Å². The molecule has 0 aromatic carbocycles. The summed E-state index contributed by atoms with van der Waals surface area (Å²) in [5.74, 6) is -8.39. The maximum Gasteiger partial charge on any atom is 0.308 e. The van der Waals surface area contributed by atoms with E-state index >= 15 is 0 Å². The predicted octanol–water partition coefficient (Wildman–Crippen LogP) is 1.48. The average molecular weight is 451 g/mol. The molecule has 2 aliphatic carbocycles. The molecule has 8 atom stereocenters. The van der Waals surface area contributed by atoms with Crippen LogP contribution in [0.15, 0.2) is 23.8 Å². The largest absolute Gasteiger partial charge is 0.550 e. The smallest absolute Gasteiger partial charge is 0.308 e. The Bertz CT molecular complexity index is 969. The molecule has 31 heavy (non-hydrogen) atoms.